The molecule has 0 aliphatic carbocycles. The first-order chi connectivity index (χ1) is 0. The molecule has 0 heterocycles. The van der Waals surface area contributed by atoms with E-state index in [1.807, 2.05) is 0 Å². The van der Waals surface area contributed by atoms with Crippen molar-refractivity contribution in [3.05, 3.63) is 0 Å². The molecule has 0 spiro atoms. The Hall–Kier alpha value is 2.26. The van der Waals surface area contributed by atoms with Crippen molar-refractivity contribution in [1.29, 1.82) is 0 Å². The molecule has 0 saturated heterocycles. The van der Waals surface area contributed by atoms with E-state index in [1.54, 1.807) is 0 Å². The second kappa shape index (κ2) is 85.4. The van der Waals surface area contributed by atoms with E-state index >= 15 is 0 Å². The predicted molar refractivity (Wildman–Crippen MR) is 2.06 cm³/mol. The van der Waals surface area contributed by atoms with Crippen LogP contribution in [0, 0.1) is 0 Å². The average Bonchev–Trinajstić information content (AvgIpc) is 0. The molecule has 0 aliphatic heterocycles. The normalized spacial score (nSPS) is 0. The maximum atomic E-state index is 0. The Balaban J connectivity index is 0. The molecule has 0 unspecified atom stereocenters. The molecule has 49 valence electrons. The molecule has 0 rings (SSSR count). The van der Waals surface area contributed by atoms with Gasteiger partial charge < -0.3 is 16.4 Å². The summed E-state index contributed by atoms with van der Waals surface area (Å²) < 4.78 is 0. The first kappa shape index (κ1) is 124. The third-order valence-electron chi connectivity index (χ3n) is 0. The first-order valence-corrected chi connectivity index (χ1v) is 0. The third-order valence-corrected chi connectivity index (χ3v) is 0. The maximum absolute atomic E-state index is 0. The van der Waals surface area contributed by atoms with Gasteiger partial charge >= 0.3 is 21.1 Å². The van der Waals surface area contributed by atoms with Crippen LogP contribution in [0.4, 0.5) is 0 Å². The predicted octanol–water partition coefficient (Wildman–Crippen LogP) is -0.366. The van der Waals surface area contributed by atoms with Gasteiger partial charge in [0.15, 0.2) is 0 Å². The minimum Gasteiger partial charge on any atom is -2.00 e. The van der Waals surface area contributed by atoms with Crippen molar-refractivity contribution in [2.75, 3.05) is 0 Å². The van der Waals surface area contributed by atoms with Crippen LogP contribution in [0.3, 0.4) is 0 Å². The molecule has 0 bridgehead atoms. The molecular formula is CoMoNiO3W. The minimum absolute atomic E-state index is 0. The Morgan fingerprint density at radius 2 is 0.714 bits per heavy atom. The standard InChI is InChI=1S/Co.Mo.Ni.3O.W/q;+6;;3*-2;. The Morgan fingerprint density at radius 3 is 0.714 bits per heavy atom. The molecule has 0 amide bonds. The van der Waals surface area contributed by atoms with E-state index in [0.717, 1.165) is 0 Å². The molecule has 7 heavy (non-hydrogen) atoms. The van der Waals surface area contributed by atoms with Crippen LogP contribution in [0.15, 0.2) is 0 Å². The SMILES string of the molecule is [Co].[Mo+6].[Ni].[O-2].[O-2].[O-2].[W]. The van der Waals surface area contributed by atoms with Gasteiger partial charge in [-0.1, -0.05) is 0 Å². The van der Waals surface area contributed by atoms with Crippen LogP contribution in [-0.4, -0.2) is 0 Å². The van der Waals surface area contributed by atoms with E-state index in [1.165, 1.54) is 0 Å². The maximum Gasteiger partial charge on any atom is 6.00 e. The number of hydrogen-bond acceptors (Lipinski definition) is 0. The number of hydrogen-bond donors (Lipinski definition) is 0. The molecule has 1 radical (unpaired) electrons. The molecular weight excluding hydrogens is 445 g/mol. The zero-order valence-corrected chi connectivity index (χ0v) is 9.66. The van der Waals surface area contributed by atoms with Crippen LogP contribution in [0.25, 0.3) is 0 Å². The summed E-state index contributed by atoms with van der Waals surface area (Å²) in [6.07, 6.45) is 0. The van der Waals surface area contributed by atoms with Gasteiger partial charge in [0.25, 0.3) is 0 Å². The van der Waals surface area contributed by atoms with Gasteiger partial charge in [-0.3, -0.25) is 0 Å². The van der Waals surface area contributed by atoms with Crippen molar-refractivity contribution in [2.24, 2.45) is 0 Å². The molecule has 0 aromatic rings. The molecule has 0 saturated carbocycles. The van der Waals surface area contributed by atoms with Crippen LogP contribution in [-0.2, 0) is 91.8 Å². The largest absolute Gasteiger partial charge is 6.00 e. The Bertz CT molecular complexity index is 14.9. The summed E-state index contributed by atoms with van der Waals surface area (Å²) in [4.78, 5) is 0. The van der Waals surface area contributed by atoms with Gasteiger partial charge in [-0.15, -0.1) is 0 Å². The van der Waals surface area contributed by atoms with Crippen LogP contribution >= 0.6 is 0 Å². The van der Waals surface area contributed by atoms with E-state index in [-0.39, 0.29) is 91.8 Å². The summed E-state index contributed by atoms with van der Waals surface area (Å²) in [6, 6.07) is 0. The Kier molecular flexibility index (Phi) is 1510. The van der Waals surface area contributed by atoms with Crippen molar-refractivity contribution < 1.29 is 91.8 Å². The minimum atomic E-state index is 0. The van der Waals surface area contributed by atoms with Crippen molar-refractivity contribution in [3.63, 3.8) is 0 Å². The summed E-state index contributed by atoms with van der Waals surface area (Å²) in [6.45, 7) is 0. The van der Waals surface area contributed by atoms with E-state index in [4.69, 9.17) is 0 Å². The molecule has 0 fully saturated rings. The average molecular weight is 445 g/mol. The Morgan fingerprint density at radius 1 is 0.714 bits per heavy atom. The van der Waals surface area contributed by atoms with E-state index < -0.39 is 0 Å². The van der Waals surface area contributed by atoms with Crippen molar-refractivity contribution >= 4 is 0 Å². The zero-order valence-electron chi connectivity index (χ0n) is 2.69. The molecule has 0 aliphatic rings. The molecule has 0 N–H and O–H groups in total. The van der Waals surface area contributed by atoms with Crippen LogP contribution in [0.2, 0.25) is 0 Å². The van der Waals surface area contributed by atoms with Gasteiger partial charge in [0.2, 0.25) is 0 Å². The van der Waals surface area contributed by atoms with E-state index in [0.29, 0.717) is 0 Å². The Labute approximate surface area is 91.0 Å². The van der Waals surface area contributed by atoms with Crippen molar-refractivity contribution in [3.8, 4) is 0 Å². The van der Waals surface area contributed by atoms with Gasteiger partial charge in [0.1, 0.15) is 0 Å². The van der Waals surface area contributed by atoms with Crippen LogP contribution in [0.5, 0.6) is 0 Å². The molecule has 0 aromatic carbocycles. The summed E-state index contributed by atoms with van der Waals surface area (Å²) in [5.41, 5.74) is 0. The van der Waals surface area contributed by atoms with Crippen LogP contribution < -0.4 is 0 Å². The summed E-state index contributed by atoms with van der Waals surface area (Å²) >= 11 is 0. The third kappa shape index (κ3) is 63.5. The number of rotatable bonds is 0. The second-order valence-electron chi connectivity index (χ2n) is 0. The smallest absolute Gasteiger partial charge is 2.00 e. The molecule has 0 atom stereocenters. The van der Waals surface area contributed by atoms with Gasteiger partial charge in [-0.25, -0.2) is 0 Å². The summed E-state index contributed by atoms with van der Waals surface area (Å²) in [5.74, 6) is 0. The summed E-state index contributed by atoms with van der Waals surface area (Å²) in [7, 11) is 0. The second-order valence-corrected chi connectivity index (χ2v) is 0. The van der Waals surface area contributed by atoms with Crippen LogP contribution in [0.1, 0.15) is 0 Å². The van der Waals surface area contributed by atoms with Gasteiger partial charge in [0, 0.05) is 54.3 Å². The van der Waals surface area contributed by atoms with Crippen molar-refractivity contribution in [2.45, 2.75) is 0 Å². The van der Waals surface area contributed by atoms with Gasteiger partial charge in [-0.2, -0.15) is 0 Å². The zero-order chi connectivity index (χ0) is 0. The monoisotopic (exact) mass is 447 g/mol. The topological polar surface area (TPSA) is 85.5 Å². The van der Waals surface area contributed by atoms with E-state index in [2.05, 4.69) is 0 Å². The quantitative estimate of drug-likeness (QED) is 0.456. The molecule has 3 nitrogen and oxygen atoms in total. The fraction of sp³-hybridized carbons (Fsp3) is 0. The molecule has 7 heteroatoms. The first-order valence-electron chi connectivity index (χ1n) is 0. The van der Waals surface area contributed by atoms with Crippen molar-refractivity contribution in [1.82, 2.24) is 0 Å². The van der Waals surface area contributed by atoms with Gasteiger partial charge in [0.05, 0.1) is 0 Å². The fourth-order valence-electron chi connectivity index (χ4n) is 0. The fourth-order valence-corrected chi connectivity index (χ4v) is 0. The van der Waals surface area contributed by atoms with E-state index in [9.17, 15) is 0 Å². The van der Waals surface area contributed by atoms with Gasteiger partial charge in [-0.05, 0) is 0 Å². The summed E-state index contributed by atoms with van der Waals surface area (Å²) in [5, 5.41) is 0. The molecule has 0 aromatic heterocycles.